The van der Waals surface area contributed by atoms with Gasteiger partial charge in [-0.25, -0.2) is 0 Å². The first-order chi connectivity index (χ1) is 14.3. The SMILES string of the molecule is c1ccc2[nH]c(-c3ccc(-c4cc5ccc(C6=NCCN6)cc5[nH]4)cc3)cc2c1. The summed E-state index contributed by atoms with van der Waals surface area (Å²) in [6, 6.07) is 28.0. The number of hydrogen-bond acceptors (Lipinski definition) is 2. The fourth-order valence-electron chi connectivity index (χ4n) is 4.08. The molecule has 0 unspecified atom stereocenters. The number of amidine groups is 1. The molecular weight excluding hydrogens is 356 g/mol. The third kappa shape index (κ3) is 2.81. The zero-order valence-corrected chi connectivity index (χ0v) is 15.9. The van der Waals surface area contributed by atoms with Gasteiger partial charge in [-0.2, -0.15) is 0 Å². The minimum Gasteiger partial charge on any atom is -0.368 e. The second kappa shape index (κ2) is 6.38. The van der Waals surface area contributed by atoms with Gasteiger partial charge in [-0.05, 0) is 35.4 Å². The lowest BCUT2D eigenvalue weighted by molar-refractivity contribution is 0.960. The molecule has 1 aliphatic rings. The highest BCUT2D eigenvalue weighted by Crippen LogP contribution is 2.29. The molecule has 3 heterocycles. The standard InChI is InChI=1S/C25H20N4/c1-2-4-21-18(3-1)13-22(28-21)16-5-7-17(8-6-16)23-14-19-9-10-20(15-24(19)29-23)25-26-11-12-27-25/h1-10,13-15,28-29H,11-12H2,(H,26,27). The summed E-state index contributed by atoms with van der Waals surface area (Å²) in [5, 5.41) is 5.79. The van der Waals surface area contributed by atoms with E-state index in [9.17, 15) is 0 Å². The highest BCUT2D eigenvalue weighted by atomic mass is 15.1. The molecule has 29 heavy (non-hydrogen) atoms. The van der Waals surface area contributed by atoms with Crippen LogP contribution in [-0.4, -0.2) is 28.9 Å². The van der Waals surface area contributed by atoms with Gasteiger partial charge in [0.2, 0.25) is 0 Å². The molecule has 0 saturated carbocycles. The number of hydrogen-bond donors (Lipinski definition) is 3. The molecule has 2 aromatic heterocycles. The Morgan fingerprint density at radius 3 is 1.97 bits per heavy atom. The van der Waals surface area contributed by atoms with Gasteiger partial charge in [-0.3, -0.25) is 4.99 Å². The van der Waals surface area contributed by atoms with E-state index in [1.165, 1.54) is 27.4 Å². The van der Waals surface area contributed by atoms with Gasteiger partial charge in [0.25, 0.3) is 0 Å². The summed E-state index contributed by atoms with van der Waals surface area (Å²) in [7, 11) is 0. The number of fused-ring (bicyclic) bond motifs is 2. The average molecular weight is 376 g/mol. The normalized spacial score (nSPS) is 13.7. The number of nitrogens with zero attached hydrogens (tertiary/aromatic N) is 1. The predicted molar refractivity (Wildman–Crippen MR) is 120 cm³/mol. The van der Waals surface area contributed by atoms with Crippen LogP contribution in [0.2, 0.25) is 0 Å². The van der Waals surface area contributed by atoms with Crippen molar-refractivity contribution in [2.45, 2.75) is 0 Å². The van der Waals surface area contributed by atoms with Crippen LogP contribution in [0.5, 0.6) is 0 Å². The first-order valence-corrected chi connectivity index (χ1v) is 9.93. The Kier molecular flexibility index (Phi) is 3.56. The molecular formula is C25H20N4. The molecule has 1 aliphatic heterocycles. The van der Waals surface area contributed by atoms with Gasteiger partial charge >= 0.3 is 0 Å². The molecule has 4 nitrogen and oxygen atoms in total. The van der Waals surface area contributed by atoms with Gasteiger partial charge in [-0.1, -0.05) is 54.6 Å². The fourth-order valence-corrected chi connectivity index (χ4v) is 4.08. The van der Waals surface area contributed by atoms with Gasteiger partial charge < -0.3 is 15.3 Å². The Balaban J connectivity index is 1.33. The highest BCUT2D eigenvalue weighted by molar-refractivity contribution is 6.02. The first-order valence-electron chi connectivity index (χ1n) is 9.93. The van der Waals surface area contributed by atoms with E-state index in [1.807, 2.05) is 0 Å². The van der Waals surface area contributed by atoms with Crippen LogP contribution in [0.3, 0.4) is 0 Å². The topological polar surface area (TPSA) is 56.0 Å². The van der Waals surface area contributed by atoms with Crippen molar-refractivity contribution < 1.29 is 0 Å². The fraction of sp³-hybridized carbons (Fsp3) is 0.0800. The summed E-state index contributed by atoms with van der Waals surface area (Å²) in [6.45, 7) is 1.78. The maximum absolute atomic E-state index is 4.52. The second-order valence-corrected chi connectivity index (χ2v) is 7.49. The molecule has 140 valence electrons. The van der Waals surface area contributed by atoms with Crippen molar-refractivity contribution in [1.29, 1.82) is 0 Å². The maximum atomic E-state index is 4.52. The number of aromatic amines is 2. The molecule has 0 radical (unpaired) electrons. The number of nitrogens with one attached hydrogen (secondary N) is 3. The maximum Gasteiger partial charge on any atom is 0.128 e. The second-order valence-electron chi connectivity index (χ2n) is 7.49. The monoisotopic (exact) mass is 376 g/mol. The van der Waals surface area contributed by atoms with Gasteiger partial charge in [0.1, 0.15) is 5.84 Å². The van der Waals surface area contributed by atoms with Crippen molar-refractivity contribution in [2.75, 3.05) is 13.1 Å². The van der Waals surface area contributed by atoms with Crippen LogP contribution in [-0.2, 0) is 0 Å². The van der Waals surface area contributed by atoms with Crippen molar-refractivity contribution >= 4 is 27.6 Å². The first kappa shape index (κ1) is 16.2. The molecule has 0 bridgehead atoms. The predicted octanol–water partition coefficient (Wildman–Crippen LogP) is 5.33. The van der Waals surface area contributed by atoms with E-state index < -0.39 is 0 Å². The quantitative estimate of drug-likeness (QED) is 0.391. The molecule has 0 fully saturated rings. The molecule has 4 heteroatoms. The zero-order chi connectivity index (χ0) is 19.2. The Bertz CT molecular complexity index is 1340. The van der Waals surface area contributed by atoms with E-state index in [0.29, 0.717) is 0 Å². The van der Waals surface area contributed by atoms with E-state index in [1.54, 1.807) is 0 Å². The van der Waals surface area contributed by atoms with Crippen LogP contribution >= 0.6 is 0 Å². The van der Waals surface area contributed by atoms with E-state index in [4.69, 9.17) is 0 Å². The Hall–Kier alpha value is -3.79. The van der Waals surface area contributed by atoms with Gasteiger partial charge in [0.05, 0.1) is 6.54 Å². The largest absolute Gasteiger partial charge is 0.368 e. The summed E-state index contributed by atoms with van der Waals surface area (Å²) >= 11 is 0. The molecule has 0 amide bonds. The van der Waals surface area contributed by atoms with Crippen molar-refractivity contribution in [3.8, 4) is 22.5 Å². The van der Waals surface area contributed by atoms with Crippen LogP contribution in [0.15, 0.2) is 83.9 Å². The molecule has 0 atom stereocenters. The number of para-hydroxylation sites is 1. The van der Waals surface area contributed by atoms with Crippen LogP contribution in [0.1, 0.15) is 5.56 Å². The molecule has 0 aliphatic carbocycles. The lowest BCUT2D eigenvalue weighted by Gasteiger charge is -2.02. The van der Waals surface area contributed by atoms with Crippen molar-refractivity contribution in [2.24, 2.45) is 4.99 Å². The van der Waals surface area contributed by atoms with E-state index in [0.717, 1.165) is 41.4 Å². The minimum atomic E-state index is 0.853. The summed E-state index contributed by atoms with van der Waals surface area (Å²) in [4.78, 5) is 11.6. The molecule has 3 aromatic carbocycles. The van der Waals surface area contributed by atoms with E-state index in [2.05, 4.69) is 99.1 Å². The Labute approximate surface area is 168 Å². The number of aliphatic imine (C=N–C) groups is 1. The molecule has 6 rings (SSSR count). The van der Waals surface area contributed by atoms with Crippen molar-refractivity contribution in [3.63, 3.8) is 0 Å². The lowest BCUT2D eigenvalue weighted by atomic mass is 10.1. The van der Waals surface area contributed by atoms with Crippen LogP contribution in [0.25, 0.3) is 44.3 Å². The summed E-state index contributed by atoms with van der Waals surface area (Å²) in [6.07, 6.45) is 0. The number of benzene rings is 3. The van der Waals surface area contributed by atoms with Crippen molar-refractivity contribution in [1.82, 2.24) is 15.3 Å². The molecule has 3 N–H and O–H groups in total. The molecule has 5 aromatic rings. The lowest BCUT2D eigenvalue weighted by Crippen LogP contribution is -2.19. The Morgan fingerprint density at radius 1 is 0.621 bits per heavy atom. The zero-order valence-electron chi connectivity index (χ0n) is 15.9. The van der Waals surface area contributed by atoms with E-state index >= 15 is 0 Å². The minimum absolute atomic E-state index is 0.853. The average Bonchev–Trinajstić information content (AvgIpc) is 3.52. The van der Waals surface area contributed by atoms with Gasteiger partial charge in [-0.15, -0.1) is 0 Å². The van der Waals surface area contributed by atoms with Crippen LogP contribution in [0, 0.1) is 0 Å². The van der Waals surface area contributed by atoms with Crippen LogP contribution in [0.4, 0.5) is 0 Å². The van der Waals surface area contributed by atoms with Gasteiger partial charge in [0.15, 0.2) is 0 Å². The molecule has 0 saturated heterocycles. The highest BCUT2D eigenvalue weighted by Gasteiger charge is 2.10. The third-order valence-corrected chi connectivity index (χ3v) is 5.61. The number of H-pyrrole nitrogens is 2. The smallest absolute Gasteiger partial charge is 0.128 e. The summed E-state index contributed by atoms with van der Waals surface area (Å²) in [5.74, 6) is 0.991. The molecule has 0 spiro atoms. The van der Waals surface area contributed by atoms with E-state index in [-0.39, 0.29) is 0 Å². The number of aromatic nitrogens is 2. The Morgan fingerprint density at radius 2 is 1.28 bits per heavy atom. The van der Waals surface area contributed by atoms with Crippen LogP contribution < -0.4 is 5.32 Å². The van der Waals surface area contributed by atoms with Crippen molar-refractivity contribution in [3.05, 3.63) is 84.4 Å². The third-order valence-electron chi connectivity index (χ3n) is 5.61. The van der Waals surface area contributed by atoms with Gasteiger partial charge in [0, 0.05) is 45.3 Å². The summed E-state index contributed by atoms with van der Waals surface area (Å²) in [5.41, 5.74) is 8.07. The summed E-state index contributed by atoms with van der Waals surface area (Å²) < 4.78 is 0. The number of rotatable bonds is 3.